The van der Waals surface area contributed by atoms with Gasteiger partial charge in [0.15, 0.2) is 0 Å². The number of piperidine rings is 1. The number of hydrogen-bond acceptors (Lipinski definition) is 3. The lowest BCUT2D eigenvalue weighted by Crippen LogP contribution is -2.46. The predicted octanol–water partition coefficient (Wildman–Crippen LogP) is 4.39. The van der Waals surface area contributed by atoms with Crippen LogP contribution in [-0.2, 0) is 4.79 Å². The van der Waals surface area contributed by atoms with Gasteiger partial charge in [-0.1, -0.05) is 6.92 Å². The minimum Gasteiger partial charge on any atom is -0.497 e. The Hall–Kier alpha value is -2.01. The zero-order valence-electron chi connectivity index (χ0n) is 18.1. The molecule has 1 aromatic heterocycles. The predicted molar refractivity (Wildman–Crippen MR) is 117 cm³/mol. The SMILES string of the molecule is COc1ccc2[nH]cc(C3CCN(CC(=O)N(C)C4CCC(C)CC4)CC3)c2c1. The number of carbonyl (C=O) groups excluding carboxylic acids is 1. The second-order valence-corrected chi connectivity index (χ2v) is 9.12. The largest absolute Gasteiger partial charge is 0.497 e. The number of H-pyrrole nitrogens is 1. The fraction of sp³-hybridized carbons (Fsp3) is 0.625. The highest BCUT2D eigenvalue weighted by molar-refractivity contribution is 5.85. The molecule has 0 spiro atoms. The summed E-state index contributed by atoms with van der Waals surface area (Å²) in [5.74, 6) is 2.55. The van der Waals surface area contributed by atoms with Gasteiger partial charge in [0.25, 0.3) is 0 Å². The Bertz CT molecular complexity index is 830. The van der Waals surface area contributed by atoms with Crippen molar-refractivity contribution in [2.45, 2.75) is 57.4 Å². The first-order chi connectivity index (χ1) is 14.0. The number of nitrogens with one attached hydrogen (secondary N) is 1. The molecule has 1 amide bonds. The van der Waals surface area contributed by atoms with Crippen LogP contribution in [0.1, 0.15) is 56.9 Å². The Morgan fingerprint density at radius 1 is 1.17 bits per heavy atom. The molecule has 1 saturated carbocycles. The van der Waals surface area contributed by atoms with E-state index in [9.17, 15) is 4.79 Å². The normalized spacial score (nSPS) is 24.0. The maximum atomic E-state index is 12.8. The third-order valence-corrected chi connectivity index (χ3v) is 7.23. The van der Waals surface area contributed by atoms with E-state index < -0.39 is 0 Å². The van der Waals surface area contributed by atoms with Gasteiger partial charge >= 0.3 is 0 Å². The molecule has 0 bridgehead atoms. The maximum Gasteiger partial charge on any atom is 0.236 e. The van der Waals surface area contributed by atoms with Gasteiger partial charge in [-0.2, -0.15) is 0 Å². The van der Waals surface area contributed by atoms with Gasteiger partial charge in [-0.3, -0.25) is 9.69 Å². The highest BCUT2D eigenvalue weighted by atomic mass is 16.5. The zero-order valence-corrected chi connectivity index (χ0v) is 18.1. The van der Waals surface area contributed by atoms with Crippen molar-refractivity contribution in [2.24, 2.45) is 5.92 Å². The Morgan fingerprint density at radius 2 is 1.90 bits per heavy atom. The van der Waals surface area contributed by atoms with Crippen LogP contribution in [0, 0.1) is 5.92 Å². The van der Waals surface area contributed by atoms with Gasteiger partial charge in [0.1, 0.15) is 5.75 Å². The number of rotatable bonds is 5. The van der Waals surface area contributed by atoms with Gasteiger partial charge in [0.05, 0.1) is 13.7 Å². The van der Waals surface area contributed by atoms with Crippen LogP contribution in [0.15, 0.2) is 24.4 Å². The Kier molecular flexibility index (Phi) is 6.14. The van der Waals surface area contributed by atoms with Crippen molar-refractivity contribution in [3.63, 3.8) is 0 Å². The highest BCUT2D eigenvalue weighted by Crippen LogP contribution is 2.34. The minimum atomic E-state index is 0.292. The molecule has 1 saturated heterocycles. The topological polar surface area (TPSA) is 48.6 Å². The molecule has 29 heavy (non-hydrogen) atoms. The molecule has 2 fully saturated rings. The number of fused-ring (bicyclic) bond motifs is 1. The summed E-state index contributed by atoms with van der Waals surface area (Å²) in [6.45, 7) is 4.87. The number of nitrogens with zero attached hydrogens (tertiary/aromatic N) is 2. The monoisotopic (exact) mass is 397 g/mol. The van der Waals surface area contributed by atoms with E-state index >= 15 is 0 Å². The van der Waals surface area contributed by atoms with E-state index in [0.717, 1.165) is 50.4 Å². The molecular formula is C24H35N3O2. The van der Waals surface area contributed by atoms with Crippen molar-refractivity contribution >= 4 is 16.8 Å². The van der Waals surface area contributed by atoms with E-state index in [2.05, 4.69) is 35.1 Å². The van der Waals surface area contributed by atoms with Crippen molar-refractivity contribution in [1.29, 1.82) is 0 Å². The van der Waals surface area contributed by atoms with E-state index in [1.807, 2.05) is 18.0 Å². The van der Waals surface area contributed by atoms with Gasteiger partial charge in [-0.15, -0.1) is 0 Å². The van der Waals surface area contributed by atoms with Crippen molar-refractivity contribution in [3.05, 3.63) is 30.0 Å². The smallest absolute Gasteiger partial charge is 0.236 e. The molecule has 1 N–H and O–H groups in total. The van der Waals surface area contributed by atoms with Gasteiger partial charge in [0, 0.05) is 30.2 Å². The summed E-state index contributed by atoms with van der Waals surface area (Å²) in [6, 6.07) is 6.67. The number of likely N-dealkylation sites (N-methyl/N-ethyl adjacent to an activating group) is 1. The molecule has 0 atom stereocenters. The van der Waals surface area contributed by atoms with Crippen LogP contribution < -0.4 is 4.74 Å². The quantitative estimate of drug-likeness (QED) is 0.814. The van der Waals surface area contributed by atoms with Gasteiger partial charge in [-0.25, -0.2) is 0 Å². The minimum absolute atomic E-state index is 0.292. The van der Waals surface area contributed by atoms with E-state index in [1.165, 1.54) is 29.3 Å². The van der Waals surface area contributed by atoms with E-state index in [4.69, 9.17) is 4.74 Å². The van der Waals surface area contributed by atoms with Crippen LogP contribution in [0.3, 0.4) is 0 Å². The summed E-state index contributed by atoms with van der Waals surface area (Å²) in [4.78, 5) is 20.6. The fourth-order valence-corrected chi connectivity index (χ4v) is 5.12. The second kappa shape index (κ2) is 8.78. The molecule has 1 aromatic carbocycles. The van der Waals surface area contributed by atoms with Crippen molar-refractivity contribution in [1.82, 2.24) is 14.8 Å². The lowest BCUT2D eigenvalue weighted by atomic mass is 9.86. The lowest BCUT2D eigenvalue weighted by molar-refractivity contribution is -0.134. The molecule has 2 heterocycles. The average molecular weight is 398 g/mol. The second-order valence-electron chi connectivity index (χ2n) is 9.12. The van der Waals surface area contributed by atoms with Crippen LogP contribution in [0.2, 0.25) is 0 Å². The van der Waals surface area contributed by atoms with Crippen LogP contribution in [0.4, 0.5) is 0 Å². The molecule has 2 aliphatic rings. The number of ether oxygens (including phenoxy) is 1. The van der Waals surface area contributed by atoms with Crippen LogP contribution in [-0.4, -0.2) is 60.5 Å². The zero-order chi connectivity index (χ0) is 20.4. The van der Waals surface area contributed by atoms with Crippen LogP contribution >= 0.6 is 0 Å². The molecule has 4 rings (SSSR count). The standard InChI is InChI=1S/C24H35N3O2/c1-17-4-6-19(7-5-17)26(2)24(28)16-27-12-10-18(11-13-27)22-15-25-23-9-8-20(29-3)14-21(22)23/h8-9,14-15,17-19,25H,4-7,10-13,16H2,1-3H3. The number of benzene rings is 1. The van der Waals surface area contributed by atoms with E-state index in [-0.39, 0.29) is 0 Å². The first-order valence-corrected chi connectivity index (χ1v) is 11.2. The van der Waals surface area contributed by atoms with Gasteiger partial charge in [0.2, 0.25) is 5.91 Å². The number of methoxy groups -OCH3 is 1. The maximum absolute atomic E-state index is 12.8. The molecular weight excluding hydrogens is 362 g/mol. The van der Waals surface area contributed by atoms with Crippen molar-refractivity contribution in [3.8, 4) is 5.75 Å². The third kappa shape index (κ3) is 4.45. The summed E-state index contributed by atoms with van der Waals surface area (Å²) in [6.07, 6.45) is 9.19. The molecule has 158 valence electrons. The van der Waals surface area contributed by atoms with Crippen molar-refractivity contribution in [2.75, 3.05) is 33.8 Å². The Balaban J connectivity index is 1.32. The lowest BCUT2D eigenvalue weighted by Gasteiger charge is -2.36. The fourth-order valence-electron chi connectivity index (χ4n) is 5.12. The van der Waals surface area contributed by atoms with Gasteiger partial charge in [-0.05, 0) is 87.2 Å². The highest BCUT2D eigenvalue weighted by Gasteiger charge is 2.28. The summed E-state index contributed by atoms with van der Waals surface area (Å²) in [7, 11) is 3.73. The van der Waals surface area contributed by atoms with E-state index in [0.29, 0.717) is 24.4 Å². The number of hydrogen-bond donors (Lipinski definition) is 1. The van der Waals surface area contributed by atoms with Crippen LogP contribution in [0.5, 0.6) is 5.75 Å². The Labute approximate surface area is 174 Å². The van der Waals surface area contributed by atoms with Crippen LogP contribution in [0.25, 0.3) is 10.9 Å². The number of carbonyl (C=O) groups is 1. The summed E-state index contributed by atoms with van der Waals surface area (Å²) < 4.78 is 5.41. The molecule has 0 unspecified atom stereocenters. The molecule has 5 heteroatoms. The first-order valence-electron chi connectivity index (χ1n) is 11.2. The molecule has 5 nitrogen and oxygen atoms in total. The number of aromatic amines is 1. The summed E-state index contributed by atoms with van der Waals surface area (Å²) in [5, 5.41) is 1.27. The van der Waals surface area contributed by atoms with Gasteiger partial charge < -0.3 is 14.6 Å². The summed E-state index contributed by atoms with van der Waals surface area (Å²) in [5.41, 5.74) is 2.56. The number of likely N-dealkylation sites (tertiary alicyclic amines) is 1. The first kappa shape index (κ1) is 20.3. The van der Waals surface area contributed by atoms with E-state index in [1.54, 1.807) is 7.11 Å². The molecule has 1 aliphatic heterocycles. The Morgan fingerprint density at radius 3 is 2.59 bits per heavy atom. The number of aromatic nitrogens is 1. The summed E-state index contributed by atoms with van der Waals surface area (Å²) >= 11 is 0. The average Bonchev–Trinajstić information content (AvgIpc) is 3.17. The molecule has 1 aliphatic carbocycles. The van der Waals surface area contributed by atoms with Crippen molar-refractivity contribution < 1.29 is 9.53 Å². The molecule has 2 aromatic rings. The molecule has 0 radical (unpaired) electrons. The number of amides is 1. The third-order valence-electron chi connectivity index (χ3n) is 7.23.